The van der Waals surface area contributed by atoms with Crippen LogP contribution in [0.15, 0.2) is 29.5 Å². The van der Waals surface area contributed by atoms with Gasteiger partial charge in [0.05, 0.1) is 23.4 Å². The Bertz CT molecular complexity index is 1140. The summed E-state index contributed by atoms with van der Waals surface area (Å²) in [6, 6.07) is -0.0834. The van der Waals surface area contributed by atoms with E-state index in [0.29, 0.717) is 23.1 Å². The number of piperidine rings is 1. The fourth-order valence-electron chi connectivity index (χ4n) is 4.46. The van der Waals surface area contributed by atoms with Crippen LogP contribution in [-0.2, 0) is 4.74 Å². The van der Waals surface area contributed by atoms with E-state index in [1.54, 1.807) is 25.3 Å². The number of methoxy groups -OCH3 is 1. The zero-order chi connectivity index (χ0) is 22.6. The number of carbonyl (C=O) groups excluding carboxylic acids is 1. The van der Waals surface area contributed by atoms with Crippen LogP contribution in [0.1, 0.15) is 21.9 Å². The summed E-state index contributed by atoms with van der Waals surface area (Å²) in [4.78, 5) is 32.5. The molecule has 2 aliphatic heterocycles. The van der Waals surface area contributed by atoms with Crippen LogP contribution in [0.4, 0.5) is 22.5 Å². The third kappa shape index (κ3) is 3.48. The smallest absolute Gasteiger partial charge is 0.279 e. The number of hydrogen-bond acceptors (Lipinski definition) is 9. The lowest BCUT2D eigenvalue weighted by Crippen LogP contribution is -2.39. The first-order valence-corrected chi connectivity index (χ1v) is 11.4. The molecule has 2 aromatic heterocycles. The molecule has 1 fully saturated rings. The predicted molar refractivity (Wildman–Crippen MR) is 126 cm³/mol. The second kappa shape index (κ2) is 7.95. The summed E-state index contributed by atoms with van der Waals surface area (Å²) in [5, 5.41) is 5.08. The molecule has 0 bridgehead atoms. The molecule has 0 radical (unpaired) electrons. The number of thiazole rings is 1. The van der Waals surface area contributed by atoms with Crippen LogP contribution in [0, 0.1) is 6.92 Å². The van der Waals surface area contributed by atoms with Gasteiger partial charge in [-0.05, 0) is 37.6 Å². The van der Waals surface area contributed by atoms with Gasteiger partial charge in [-0.25, -0.2) is 9.97 Å². The summed E-state index contributed by atoms with van der Waals surface area (Å²) >= 11 is 1.48. The molecule has 5 rings (SSSR count). The second-order valence-electron chi connectivity index (χ2n) is 8.45. The molecule has 32 heavy (non-hydrogen) atoms. The van der Waals surface area contributed by atoms with Crippen molar-refractivity contribution in [2.75, 3.05) is 56.5 Å². The lowest BCUT2D eigenvalue weighted by molar-refractivity contribution is 0.0990. The molecule has 2 aromatic rings. The molecule has 1 aliphatic carbocycles. The summed E-state index contributed by atoms with van der Waals surface area (Å²) in [5.74, 6) is 0.993. The Labute approximate surface area is 191 Å². The largest absolute Gasteiger partial charge is 0.375 e. The minimum atomic E-state index is -0.158. The number of likely N-dealkylation sites (N-methyl/N-ethyl adjacent to an activating group) is 1. The van der Waals surface area contributed by atoms with Gasteiger partial charge >= 0.3 is 0 Å². The molecule has 0 saturated carbocycles. The second-order valence-corrected chi connectivity index (χ2v) is 9.64. The molecule has 0 spiro atoms. The average molecular weight is 454 g/mol. The number of rotatable bonds is 3. The molecule has 4 heterocycles. The molecule has 1 N–H and O–H groups in total. The molecule has 1 amide bonds. The molecule has 10 heteroatoms. The van der Waals surface area contributed by atoms with Crippen LogP contribution in [-0.4, -0.2) is 79.2 Å². The third-order valence-electron chi connectivity index (χ3n) is 6.24. The number of aromatic nitrogens is 3. The highest BCUT2D eigenvalue weighted by atomic mass is 32.1. The van der Waals surface area contributed by atoms with Crippen LogP contribution in [0.3, 0.4) is 0 Å². The summed E-state index contributed by atoms with van der Waals surface area (Å²) in [6.07, 6.45) is 7.08. The number of nitrogens with zero attached hydrogens (tertiary/aromatic N) is 6. The van der Waals surface area contributed by atoms with Crippen molar-refractivity contribution in [1.29, 1.82) is 0 Å². The number of aryl methyl sites for hydroxylation is 1. The highest BCUT2D eigenvalue weighted by Gasteiger charge is 2.33. The molecular weight excluding hydrogens is 426 g/mol. The van der Waals surface area contributed by atoms with Crippen LogP contribution < -0.4 is 15.1 Å². The zero-order valence-corrected chi connectivity index (χ0v) is 19.7. The number of hydrogen-bond donors (Lipinski definition) is 1. The SMILES string of the molecule is COC1C=C2CCN(C)CC2=CC1Nc1ncc2c(n1)N(C)c1sc(C)nc1C(=O)N2C. The first-order valence-electron chi connectivity index (χ1n) is 10.6. The van der Waals surface area contributed by atoms with E-state index in [9.17, 15) is 4.79 Å². The van der Waals surface area contributed by atoms with Crippen molar-refractivity contribution in [1.82, 2.24) is 19.9 Å². The highest BCUT2D eigenvalue weighted by Crippen LogP contribution is 2.41. The Hall–Kier alpha value is -2.82. The number of amides is 1. The van der Waals surface area contributed by atoms with Gasteiger partial charge in [0.15, 0.2) is 11.5 Å². The first-order chi connectivity index (χ1) is 15.4. The summed E-state index contributed by atoms with van der Waals surface area (Å²) < 4.78 is 5.76. The van der Waals surface area contributed by atoms with Crippen molar-refractivity contribution in [3.05, 3.63) is 40.2 Å². The molecule has 2 unspecified atom stereocenters. The molecule has 9 nitrogen and oxygen atoms in total. The van der Waals surface area contributed by atoms with Crippen LogP contribution in [0.25, 0.3) is 0 Å². The first kappa shape index (κ1) is 21.0. The number of likely N-dealkylation sites (tertiary alicyclic amines) is 1. The number of anilines is 4. The molecule has 0 aromatic carbocycles. The van der Waals surface area contributed by atoms with Gasteiger partial charge in [-0.3, -0.25) is 4.79 Å². The van der Waals surface area contributed by atoms with E-state index in [2.05, 4.69) is 39.4 Å². The molecule has 168 valence electrons. The van der Waals surface area contributed by atoms with Crippen molar-refractivity contribution in [2.45, 2.75) is 25.5 Å². The minimum Gasteiger partial charge on any atom is -0.375 e. The van der Waals surface area contributed by atoms with Crippen molar-refractivity contribution >= 4 is 39.7 Å². The number of carbonyl (C=O) groups is 1. The van der Waals surface area contributed by atoms with Gasteiger partial charge in [0.1, 0.15) is 10.7 Å². The topological polar surface area (TPSA) is 86.7 Å². The summed E-state index contributed by atoms with van der Waals surface area (Å²) in [6.45, 7) is 3.89. The maximum atomic E-state index is 12.9. The van der Waals surface area contributed by atoms with E-state index >= 15 is 0 Å². The highest BCUT2D eigenvalue weighted by molar-refractivity contribution is 7.16. The molecular formula is C22H27N7O2S. The van der Waals surface area contributed by atoms with Crippen molar-refractivity contribution < 1.29 is 9.53 Å². The summed E-state index contributed by atoms with van der Waals surface area (Å²) in [5.41, 5.74) is 3.78. The van der Waals surface area contributed by atoms with Crippen LogP contribution >= 0.6 is 11.3 Å². The Kier molecular flexibility index (Phi) is 5.23. The maximum absolute atomic E-state index is 12.9. The van der Waals surface area contributed by atoms with Gasteiger partial charge in [-0.2, -0.15) is 4.98 Å². The van der Waals surface area contributed by atoms with Gasteiger partial charge < -0.3 is 24.8 Å². The van der Waals surface area contributed by atoms with Gasteiger partial charge in [-0.15, -0.1) is 11.3 Å². The molecule has 2 atom stereocenters. The monoisotopic (exact) mass is 453 g/mol. The number of nitrogens with one attached hydrogen (secondary N) is 1. The van der Waals surface area contributed by atoms with Crippen molar-refractivity contribution in [3.8, 4) is 0 Å². The summed E-state index contributed by atoms with van der Waals surface area (Å²) in [7, 11) is 7.50. The third-order valence-corrected chi connectivity index (χ3v) is 7.29. The van der Waals surface area contributed by atoms with Gasteiger partial charge in [0, 0.05) is 34.3 Å². The fraction of sp³-hybridized carbons (Fsp3) is 0.455. The van der Waals surface area contributed by atoms with Crippen LogP contribution in [0.2, 0.25) is 0 Å². The minimum absolute atomic E-state index is 0.0834. The molecule has 3 aliphatic rings. The van der Waals surface area contributed by atoms with Crippen LogP contribution in [0.5, 0.6) is 0 Å². The van der Waals surface area contributed by atoms with E-state index in [0.717, 1.165) is 29.5 Å². The molecule has 1 saturated heterocycles. The number of fused-ring (bicyclic) bond motifs is 3. The Morgan fingerprint density at radius 2 is 1.97 bits per heavy atom. The fourth-order valence-corrected chi connectivity index (χ4v) is 5.33. The predicted octanol–water partition coefficient (Wildman–Crippen LogP) is 2.60. The van der Waals surface area contributed by atoms with Crippen molar-refractivity contribution in [3.63, 3.8) is 0 Å². The average Bonchev–Trinajstić information content (AvgIpc) is 3.16. The van der Waals surface area contributed by atoms with E-state index < -0.39 is 0 Å². The lowest BCUT2D eigenvalue weighted by Gasteiger charge is -2.34. The zero-order valence-electron chi connectivity index (χ0n) is 18.9. The van der Waals surface area contributed by atoms with Gasteiger partial charge in [0.25, 0.3) is 5.91 Å². The Morgan fingerprint density at radius 1 is 1.16 bits per heavy atom. The lowest BCUT2D eigenvalue weighted by atomic mass is 9.88. The normalized spacial score (nSPS) is 23.1. The Morgan fingerprint density at radius 3 is 2.75 bits per heavy atom. The standard InChI is InChI=1S/C22H27N7O2S/c1-12-24-18-20(30)28(3)16-10-23-22(26-19(16)29(4)21(18)32-12)25-15-8-14-11-27(2)7-6-13(14)9-17(15)31-5/h8-10,15,17H,6-7,11H2,1-5H3,(H,23,25,26). The van der Waals surface area contributed by atoms with E-state index in [4.69, 9.17) is 9.72 Å². The van der Waals surface area contributed by atoms with Crippen molar-refractivity contribution in [2.24, 2.45) is 0 Å². The van der Waals surface area contributed by atoms with E-state index in [-0.39, 0.29) is 18.1 Å². The quantitative estimate of drug-likeness (QED) is 0.759. The number of ether oxygens (including phenoxy) is 1. The maximum Gasteiger partial charge on any atom is 0.279 e. The van der Waals surface area contributed by atoms with E-state index in [1.807, 2.05) is 18.9 Å². The van der Waals surface area contributed by atoms with Gasteiger partial charge in [0.2, 0.25) is 5.95 Å². The van der Waals surface area contributed by atoms with E-state index in [1.165, 1.54) is 22.5 Å². The Balaban J connectivity index is 1.48. The van der Waals surface area contributed by atoms with Gasteiger partial charge in [-0.1, -0.05) is 6.08 Å².